The summed E-state index contributed by atoms with van der Waals surface area (Å²) in [4.78, 5) is 19.1. The summed E-state index contributed by atoms with van der Waals surface area (Å²) in [6.45, 7) is 10.2. The predicted molar refractivity (Wildman–Crippen MR) is 101 cm³/mol. The first kappa shape index (κ1) is 18.0. The number of esters is 1. The van der Waals surface area contributed by atoms with E-state index in [2.05, 4.69) is 46.3 Å². The average Bonchev–Trinajstić information content (AvgIpc) is 3.10. The maximum atomic E-state index is 12.6. The zero-order valence-corrected chi connectivity index (χ0v) is 15.7. The van der Waals surface area contributed by atoms with Crippen LogP contribution in [0.3, 0.4) is 0 Å². The molecule has 2 aromatic rings. The summed E-state index contributed by atoms with van der Waals surface area (Å²) in [5, 5.41) is 7.46. The van der Waals surface area contributed by atoms with Crippen LogP contribution in [0.4, 0.5) is 11.6 Å². The molecule has 0 aliphatic carbocycles. The monoisotopic (exact) mass is 355 g/mol. The second kappa shape index (κ2) is 7.59. The van der Waals surface area contributed by atoms with Gasteiger partial charge in [0.25, 0.3) is 0 Å². The van der Waals surface area contributed by atoms with Gasteiger partial charge in [-0.05, 0) is 45.4 Å². The summed E-state index contributed by atoms with van der Waals surface area (Å²) in [5.41, 5.74) is 3.42. The van der Waals surface area contributed by atoms with Crippen LogP contribution >= 0.6 is 0 Å². The van der Waals surface area contributed by atoms with Gasteiger partial charge in [-0.3, -0.25) is 0 Å². The number of fused-ring (bicyclic) bond motifs is 1. The summed E-state index contributed by atoms with van der Waals surface area (Å²) < 4.78 is 7.01. The Labute approximate surface area is 153 Å². The molecule has 1 aliphatic rings. The Bertz CT molecular complexity index is 806. The van der Waals surface area contributed by atoms with Crippen molar-refractivity contribution < 1.29 is 9.53 Å². The minimum atomic E-state index is -0.362. The molecule has 7 heteroatoms. The van der Waals surface area contributed by atoms with Crippen molar-refractivity contribution in [1.29, 1.82) is 0 Å². The number of carbonyl (C=O) groups excluding carboxylic acids is 1. The first-order valence-electron chi connectivity index (χ1n) is 8.99. The molecule has 7 nitrogen and oxygen atoms in total. The lowest BCUT2D eigenvalue weighted by atomic mass is 9.95. The van der Waals surface area contributed by atoms with Crippen LogP contribution in [0.1, 0.15) is 39.3 Å². The number of anilines is 2. The molecule has 0 unspecified atom stereocenters. The van der Waals surface area contributed by atoms with Crippen molar-refractivity contribution in [2.24, 2.45) is 0 Å². The maximum Gasteiger partial charge on any atom is 0.338 e. The number of nitrogens with one attached hydrogen (secondary N) is 1. The number of nitrogens with zero attached hydrogens (tertiary/aromatic N) is 4. The minimum absolute atomic E-state index is 0.327. The largest absolute Gasteiger partial charge is 0.463 e. The first-order chi connectivity index (χ1) is 12.6. The van der Waals surface area contributed by atoms with Gasteiger partial charge in [-0.1, -0.05) is 12.1 Å². The van der Waals surface area contributed by atoms with Gasteiger partial charge in [-0.2, -0.15) is 10.1 Å². The second-order valence-electron chi connectivity index (χ2n) is 6.08. The maximum absolute atomic E-state index is 12.6. The van der Waals surface area contributed by atoms with Crippen LogP contribution in [0.2, 0.25) is 0 Å². The smallest absolute Gasteiger partial charge is 0.338 e. The summed E-state index contributed by atoms with van der Waals surface area (Å²) in [5.74, 6) is 0.282. The highest BCUT2D eigenvalue weighted by atomic mass is 16.5. The zero-order valence-electron chi connectivity index (χ0n) is 15.7. The van der Waals surface area contributed by atoms with E-state index in [0.717, 1.165) is 30.0 Å². The quantitative estimate of drug-likeness (QED) is 0.803. The van der Waals surface area contributed by atoms with Crippen molar-refractivity contribution in [3.63, 3.8) is 0 Å². The van der Waals surface area contributed by atoms with Gasteiger partial charge in [-0.15, -0.1) is 0 Å². The van der Waals surface area contributed by atoms with Gasteiger partial charge in [0.2, 0.25) is 5.95 Å². The topological polar surface area (TPSA) is 72.3 Å². The third-order valence-electron chi connectivity index (χ3n) is 4.63. The van der Waals surface area contributed by atoms with Crippen molar-refractivity contribution in [2.75, 3.05) is 29.9 Å². The summed E-state index contributed by atoms with van der Waals surface area (Å²) in [6.07, 6.45) is 1.49. The fraction of sp³-hybridized carbons (Fsp3) is 0.421. The fourth-order valence-electron chi connectivity index (χ4n) is 3.33. The van der Waals surface area contributed by atoms with E-state index in [1.165, 1.54) is 6.33 Å². The molecule has 1 aliphatic heterocycles. The normalized spacial score (nSPS) is 16.1. The van der Waals surface area contributed by atoms with E-state index in [-0.39, 0.29) is 12.0 Å². The number of rotatable bonds is 6. The number of allylic oxidation sites excluding steroid dienone is 1. The Kier molecular flexibility index (Phi) is 5.25. The van der Waals surface area contributed by atoms with Crippen molar-refractivity contribution in [3.8, 4) is 0 Å². The van der Waals surface area contributed by atoms with Crippen molar-refractivity contribution >= 4 is 17.6 Å². The molecule has 3 rings (SSSR count). The molecule has 1 aromatic carbocycles. The van der Waals surface area contributed by atoms with Crippen molar-refractivity contribution in [2.45, 2.75) is 33.7 Å². The van der Waals surface area contributed by atoms with E-state index in [0.29, 0.717) is 18.1 Å². The van der Waals surface area contributed by atoms with Gasteiger partial charge in [0, 0.05) is 24.5 Å². The molecule has 0 amide bonds. The van der Waals surface area contributed by atoms with Crippen LogP contribution in [-0.2, 0) is 9.53 Å². The molecule has 0 bridgehead atoms. The van der Waals surface area contributed by atoms with Crippen molar-refractivity contribution in [1.82, 2.24) is 14.8 Å². The molecule has 1 N–H and O–H groups in total. The molecule has 1 aromatic heterocycles. The second-order valence-corrected chi connectivity index (χ2v) is 6.08. The molecular weight excluding hydrogens is 330 g/mol. The zero-order chi connectivity index (χ0) is 18.7. The van der Waals surface area contributed by atoms with E-state index in [1.807, 2.05) is 19.1 Å². The van der Waals surface area contributed by atoms with E-state index < -0.39 is 0 Å². The van der Waals surface area contributed by atoms with Gasteiger partial charge in [0.1, 0.15) is 12.4 Å². The Balaban J connectivity index is 2.04. The molecule has 0 saturated heterocycles. The first-order valence-corrected chi connectivity index (χ1v) is 8.99. The van der Waals surface area contributed by atoms with E-state index >= 15 is 0 Å². The summed E-state index contributed by atoms with van der Waals surface area (Å²) in [7, 11) is 0. The molecule has 2 heterocycles. The summed E-state index contributed by atoms with van der Waals surface area (Å²) in [6, 6.07) is 7.89. The molecule has 26 heavy (non-hydrogen) atoms. The molecule has 0 saturated carbocycles. The number of benzene rings is 1. The third kappa shape index (κ3) is 3.16. The van der Waals surface area contributed by atoms with Gasteiger partial charge < -0.3 is 15.0 Å². The number of hydrogen-bond acceptors (Lipinski definition) is 6. The summed E-state index contributed by atoms with van der Waals surface area (Å²) >= 11 is 0. The Morgan fingerprint density at radius 3 is 2.54 bits per heavy atom. The number of hydrogen-bond donors (Lipinski definition) is 1. The van der Waals surface area contributed by atoms with Crippen LogP contribution in [0.15, 0.2) is 41.9 Å². The van der Waals surface area contributed by atoms with Gasteiger partial charge in [0.15, 0.2) is 0 Å². The van der Waals surface area contributed by atoms with Crippen LogP contribution in [-0.4, -0.2) is 40.4 Å². The Hall–Kier alpha value is -2.83. The Morgan fingerprint density at radius 2 is 1.92 bits per heavy atom. The van der Waals surface area contributed by atoms with Crippen molar-refractivity contribution in [3.05, 3.63) is 47.4 Å². The number of carbonyl (C=O) groups is 1. The molecule has 138 valence electrons. The SMILES string of the molecule is CCOC(=O)C1=C(C)Nc2ncnn2[C@@H]1c1ccc(N(CC)CC)cc1. The molecular formula is C19H25N5O2. The molecule has 0 radical (unpaired) electrons. The molecule has 0 fully saturated rings. The molecule has 1 atom stereocenters. The third-order valence-corrected chi connectivity index (χ3v) is 4.63. The van der Waals surface area contributed by atoms with Crippen LogP contribution < -0.4 is 10.2 Å². The minimum Gasteiger partial charge on any atom is -0.463 e. The number of aromatic nitrogens is 3. The lowest BCUT2D eigenvalue weighted by Crippen LogP contribution is -2.29. The highest BCUT2D eigenvalue weighted by Crippen LogP contribution is 2.35. The lowest BCUT2D eigenvalue weighted by molar-refractivity contribution is -0.139. The molecule has 0 spiro atoms. The predicted octanol–water partition coefficient (Wildman–Crippen LogP) is 2.98. The van der Waals surface area contributed by atoms with Crippen LogP contribution in [0.5, 0.6) is 0 Å². The van der Waals surface area contributed by atoms with E-state index in [1.54, 1.807) is 11.6 Å². The van der Waals surface area contributed by atoms with E-state index in [9.17, 15) is 4.79 Å². The average molecular weight is 355 g/mol. The number of ether oxygens (including phenoxy) is 1. The lowest BCUT2D eigenvalue weighted by Gasteiger charge is -2.28. The van der Waals surface area contributed by atoms with Gasteiger partial charge in [-0.25, -0.2) is 9.48 Å². The highest BCUT2D eigenvalue weighted by Gasteiger charge is 2.34. The Morgan fingerprint density at radius 1 is 1.23 bits per heavy atom. The fourth-order valence-corrected chi connectivity index (χ4v) is 3.33. The van der Waals surface area contributed by atoms with Gasteiger partial charge >= 0.3 is 5.97 Å². The van der Waals surface area contributed by atoms with Crippen LogP contribution in [0, 0.1) is 0 Å². The van der Waals surface area contributed by atoms with Crippen LogP contribution in [0.25, 0.3) is 0 Å². The standard InChI is InChI=1S/C19H25N5O2/c1-5-23(6-2)15-10-8-14(9-11-15)17-16(18(25)26-7-3)13(4)22-19-20-12-21-24(17)19/h8-12,17H,5-7H2,1-4H3,(H,20,21,22)/t17-/m1/s1. The van der Waals surface area contributed by atoms with E-state index in [4.69, 9.17) is 4.74 Å². The highest BCUT2D eigenvalue weighted by molar-refractivity contribution is 5.92. The van der Waals surface area contributed by atoms with Gasteiger partial charge in [0.05, 0.1) is 12.2 Å².